The minimum Gasteiger partial charge on any atom is -0.356 e. The molecular formula is C14H26IN3S2. The maximum absolute atomic E-state index is 4.24. The largest absolute Gasteiger partial charge is 0.356 e. The minimum atomic E-state index is 0. The molecule has 0 radical (unpaired) electrons. The monoisotopic (exact) mass is 427 g/mol. The number of hydrogen-bond donors (Lipinski definition) is 2. The molecule has 0 aliphatic rings. The molecule has 1 aromatic rings. The lowest BCUT2D eigenvalue weighted by molar-refractivity contribution is 0.734. The molecule has 1 aromatic heterocycles. The van der Waals surface area contributed by atoms with E-state index in [9.17, 15) is 0 Å². The maximum atomic E-state index is 4.24. The number of thioether (sulfide) groups is 1. The van der Waals surface area contributed by atoms with Gasteiger partial charge in [0.25, 0.3) is 0 Å². The van der Waals surface area contributed by atoms with Gasteiger partial charge in [-0.25, -0.2) is 0 Å². The van der Waals surface area contributed by atoms with Gasteiger partial charge in [-0.15, -0.1) is 35.3 Å². The third kappa shape index (κ3) is 8.36. The second kappa shape index (κ2) is 12.8. The Balaban J connectivity index is 0.00000361. The number of guanidine groups is 1. The van der Waals surface area contributed by atoms with E-state index in [0.29, 0.717) is 0 Å². The number of nitrogens with one attached hydrogen (secondary N) is 2. The molecule has 3 nitrogen and oxygen atoms in total. The van der Waals surface area contributed by atoms with E-state index in [0.717, 1.165) is 25.5 Å². The van der Waals surface area contributed by atoms with Crippen LogP contribution in [-0.2, 0) is 13.0 Å². The molecule has 20 heavy (non-hydrogen) atoms. The molecule has 0 aliphatic carbocycles. The number of aliphatic imine (C=N–C) groups is 1. The third-order valence-electron chi connectivity index (χ3n) is 2.79. The Hall–Kier alpha value is 0.0500. The predicted molar refractivity (Wildman–Crippen MR) is 105 cm³/mol. The topological polar surface area (TPSA) is 36.4 Å². The molecule has 0 saturated carbocycles. The second-order valence-corrected chi connectivity index (χ2v) is 6.51. The van der Waals surface area contributed by atoms with Crippen LogP contribution in [0.4, 0.5) is 0 Å². The van der Waals surface area contributed by atoms with Crippen molar-refractivity contribution in [3.05, 3.63) is 21.9 Å². The summed E-state index contributed by atoms with van der Waals surface area (Å²) in [7, 11) is 1.82. The number of rotatable bonds is 8. The molecule has 1 heterocycles. The Morgan fingerprint density at radius 1 is 1.25 bits per heavy atom. The first-order valence-corrected chi connectivity index (χ1v) is 9.02. The van der Waals surface area contributed by atoms with Gasteiger partial charge in [-0.2, -0.15) is 11.8 Å². The van der Waals surface area contributed by atoms with Crippen LogP contribution in [0.25, 0.3) is 0 Å². The van der Waals surface area contributed by atoms with Crippen LogP contribution >= 0.6 is 47.1 Å². The van der Waals surface area contributed by atoms with Crippen LogP contribution < -0.4 is 10.6 Å². The SMILES string of the molecule is CCc1ccc(CNC(=NC)NCCCCSC)s1.I. The number of halogens is 1. The fourth-order valence-electron chi connectivity index (χ4n) is 1.68. The Morgan fingerprint density at radius 2 is 2.00 bits per heavy atom. The van der Waals surface area contributed by atoms with Crippen LogP contribution in [0.15, 0.2) is 17.1 Å². The zero-order valence-corrected chi connectivity index (χ0v) is 16.5. The molecule has 0 bridgehead atoms. The molecule has 0 aliphatic heterocycles. The predicted octanol–water partition coefficient (Wildman–Crippen LogP) is 3.74. The minimum absolute atomic E-state index is 0. The summed E-state index contributed by atoms with van der Waals surface area (Å²) in [6.45, 7) is 4.04. The number of aryl methyl sites for hydroxylation is 1. The van der Waals surface area contributed by atoms with Crippen LogP contribution in [0.1, 0.15) is 29.5 Å². The Bertz CT molecular complexity index is 380. The molecule has 6 heteroatoms. The molecule has 116 valence electrons. The Kier molecular flexibility index (Phi) is 12.8. The van der Waals surface area contributed by atoms with Crippen molar-refractivity contribution in [2.45, 2.75) is 32.7 Å². The van der Waals surface area contributed by atoms with Crippen molar-refractivity contribution in [2.75, 3.05) is 25.6 Å². The Morgan fingerprint density at radius 3 is 2.60 bits per heavy atom. The molecule has 0 spiro atoms. The highest BCUT2D eigenvalue weighted by molar-refractivity contribution is 14.0. The smallest absolute Gasteiger partial charge is 0.191 e. The van der Waals surface area contributed by atoms with Gasteiger partial charge in [0.05, 0.1) is 6.54 Å². The molecule has 0 amide bonds. The van der Waals surface area contributed by atoms with E-state index in [1.165, 1.54) is 28.3 Å². The van der Waals surface area contributed by atoms with Crippen molar-refractivity contribution < 1.29 is 0 Å². The lowest BCUT2D eigenvalue weighted by Crippen LogP contribution is -2.37. The van der Waals surface area contributed by atoms with Crippen molar-refractivity contribution in [1.82, 2.24) is 10.6 Å². The van der Waals surface area contributed by atoms with Crippen LogP contribution in [0, 0.1) is 0 Å². The zero-order chi connectivity index (χ0) is 13.9. The highest BCUT2D eigenvalue weighted by Gasteiger charge is 2.00. The fourth-order valence-corrected chi connectivity index (χ4v) is 3.07. The summed E-state index contributed by atoms with van der Waals surface area (Å²) in [5.41, 5.74) is 0. The number of thiophene rings is 1. The van der Waals surface area contributed by atoms with Crippen LogP contribution in [-0.4, -0.2) is 31.6 Å². The van der Waals surface area contributed by atoms with Crippen LogP contribution in [0.2, 0.25) is 0 Å². The average molecular weight is 427 g/mol. The summed E-state index contributed by atoms with van der Waals surface area (Å²) < 4.78 is 0. The standard InChI is InChI=1S/C14H25N3S2.HI/c1-4-12-7-8-13(19-12)11-17-14(15-2)16-9-5-6-10-18-3;/h7-8H,4-6,9-11H2,1-3H3,(H2,15,16,17);1H. The first-order chi connectivity index (χ1) is 9.30. The van der Waals surface area contributed by atoms with Gasteiger partial charge in [-0.1, -0.05) is 6.92 Å². The van der Waals surface area contributed by atoms with E-state index < -0.39 is 0 Å². The Labute approximate surface area is 148 Å². The van der Waals surface area contributed by atoms with Crippen LogP contribution in [0.3, 0.4) is 0 Å². The van der Waals surface area contributed by atoms with E-state index in [2.05, 4.69) is 40.9 Å². The van der Waals surface area contributed by atoms with Gasteiger partial charge in [-0.05, 0) is 43.4 Å². The summed E-state index contributed by atoms with van der Waals surface area (Å²) >= 11 is 3.78. The highest BCUT2D eigenvalue weighted by atomic mass is 127. The molecule has 0 saturated heterocycles. The van der Waals surface area contributed by atoms with Gasteiger partial charge in [0.2, 0.25) is 0 Å². The summed E-state index contributed by atoms with van der Waals surface area (Å²) in [4.78, 5) is 7.05. The van der Waals surface area contributed by atoms with E-state index in [1.54, 1.807) is 0 Å². The molecule has 0 atom stereocenters. The number of unbranched alkanes of at least 4 members (excludes halogenated alkanes) is 1. The summed E-state index contributed by atoms with van der Waals surface area (Å²) in [5.74, 6) is 2.14. The molecular weight excluding hydrogens is 401 g/mol. The molecule has 0 unspecified atom stereocenters. The van der Waals surface area contributed by atoms with Gasteiger partial charge >= 0.3 is 0 Å². The second-order valence-electron chi connectivity index (χ2n) is 4.27. The molecule has 2 N–H and O–H groups in total. The lowest BCUT2D eigenvalue weighted by atomic mass is 10.3. The average Bonchev–Trinajstić information content (AvgIpc) is 2.90. The summed E-state index contributed by atoms with van der Waals surface area (Å²) in [5, 5.41) is 6.71. The highest BCUT2D eigenvalue weighted by Crippen LogP contribution is 2.16. The van der Waals surface area contributed by atoms with Gasteiger partial charge in [0.15, 0.2) is 5.96 Å². The zero-order valence-electron chi connectivity index (χ0n) is 12.6. The van der Waals surface area contributed by atoms with Gasteiger partial charge < -0.3 is 10.6 Å². The molecule has 0 fully saturated rings. The third-order valence-corrected chi connectivity index (χ3v) is 4.71. The molecule has 1 rings (SSSR count). The van der Waals surface area contributed by atoms with Crippen molar-refractivity contribution in [2.24, 2.45) is 4.99 Å². The van der Waals surface area contributed by atoms with Gasteiger partial charge in [0.1, 0.15) is 0 Å². The quantitative estimate of drug-likeness (QED) is 0.287. The van der Waals surface area contributed by atoms with Gasteiger partial charge in [-0.3, -0.25) is 4.99 Å². The van der Waals surface area contributed by atoms with Crippen molar-refractivity contribution >= 4 is 53.0 Å². The first kappa shape index (κ1) is 20.1. The molecule has 0 aromatic carbocycles. The van der Waals surface area contributed by atoms with Crippen molar-refractivity contribution in [3.8, 4) is 0 Å². The first-order valence-electron chi connectivity index (χ1n) is 6.81. The van der Waals surface area contributed by atoms with Gasteiger partial charge in [0, 0.05) is 23.3 Å². The van der Waals surface area contributed by atoms with E-state index in [1.807, 2.05) is 30.1 Å². The van der Waals surface area contributed by atoms with Crippen molar-refractivity contribution in [3.63, 3.8) is 0 Å². The normalized spacial score (nSPS) is 11.1. The number of hydrogen-bond acceptors (Lipinski definition) is 3. The van der Waals surface area contributed by atoms with Crippen LogP contribution in [0.5, 0.6) is 0 Å². The lowest BCUT2D eigenvalue weighted by Gasteiger charge is -2.10. The van der Waals surface area contributed by atoms with Crippen molar-refractivity contribution in [1.29, 1.82) is 0 Å². The summed E-state index contributed by atoms with van der Waals surface area (Å²) in [6.07, 6.45) is 5.73. The summed E-state index contributed by atoms with van der Waals surface area (Å²) in [6, 6.07) is 4.41. The van der Waals surface area contributed by atoms with E-state index in [4.69, 9.17) is 0 Å². The number of nitrogens with zero attached hydrogens (tertiary/aromatic N) is 1. The maximum Gasteiger partial charge on any atom is 0.191 e. The van der Waals surface area contributed by atoms with E-state index >= 15 is 0 Å². The fraction of sp³-hybridized carbons (Fsp3) is 0.643. The van der Waals surface area contributed by atoms with E-state index in [-0.39, 0.29) is 24.0 Å².